The number of hydrogen-bond acceptors (Lipinski definition) is 6. The molecule has 0 unspecified atom stereocenters. The highest BCUT2D eigenvalue weighted by Gasteiger charge is 2.09. The van der Waals surface area contributed by atoms with Crippen LogP contribution >= 0.6 is 0 Å². The molecular formula is C9H16N4O2. The number of aliphatic hydroxyl groups excluding tert-OH is 1. The van der Waals surface area contributed by atoms with E-state index in [9.17, 15) is 0 Å². The van der Waals surface area contributed by atoms with Gasteiger partial charge >= 0.3 is 0 Å². The van der Waals surface area contributed by atoms with Gasteiger partial charge in [-0.25, -0.2) is 9.97 Å². The quantitative estimate of drug-likeness (QED) is 0.611. The Morgan fingerprint density at radius 1 is 1.60 bits per heavy atom. The van der Waals surface area contributed by atoms with Crippen LogP contribution in [0.2, 0.25) is 0 Å². The van der Waals surface area contributed by atoms with Crippen LogP contribution in [0, 0.1) is 0 Å². The fourth-order valence-electron chi connectivity index (χ4n) is 1.16. The third-order valence-corrected chi connectivity index (χ3v) is 1.87. The number of nitrogens with zero attached hydrogens (tertiary/aromatic N) is 2. The normalized spacial score (nSPS) is 12.5. The van der Waals surface area contributed by atoms with Gasteiger partial charge in [0.1, 0.15) is 12.1 Å². The summed E-state index contributed by atoms with van der Waals surface area (Å²) in [6.07, 6.45) is 0.952. The average molecular weight is 212 g/mol. The monoisotopic (exact) mass is 212 g/mol. The number of rotatable bonds is 5. The molecule has 0 bridgehead atoms. The summed E-state index contributed by atoms with van der Waals surface area (Å²) in [5.74, 6) is 0.848. The zero-order valence-corrected chi connectivity index (χ0v) is 8.90. The van der Waals surface area contributed by atoms with Crippen LogP contribution < -0.4 is 15.8 Å². The molecule has 1 aromatic rings. The Bertz CT molecular complexity index is 317. The minimum absolute atomic E-state index is 0.389. The Morgan fingerprint density at radius 3 is 2.93 bits per heavy atom. The van der Waals surface area contributed by atoms with Crippen molar-refractivity contribution in [3.8, 4) is 5.88 Å². The predicted molar refractivity (Wildman–Crippen MR) is 56.4 cm³/mol. The summed E-state index contributed by atoms with van der Waals surface area (Å²) in [6.45, 7) is 2.66. The second-order valence-electron chi connectivity index (χ2n) is 3.23. The SMILES string of the molecule is COc1ncnc(N)c1CNC[C@H](C)O. The molecule has 1 aromatic heterocycles. The van der Waals surface area contributed by atoms with E-state index < -0.39 is 6.10 Å². The van der Waals surface area contributed by atoms with Gasteiger partial charge in [0.2, 0.25) is 5.88 Å². The maximum atomic E-state index is 9.07. The van der Waals surface area contributed by atoms with E-state index in [-0.39, 0.29) is 0 Å². The van der Waals surface area contributed by atoms with E-state index >= 15 is 0 Å². The van der Waals surface area contributed by atoms with E-state index in [1.54, 1.807) is 6.92 Å². The molecule has 6 nitrogen and oxygen atoms in total. The van der Waals surface area contributed by atoms with Crippen molar-refractivity contribution in [1.29, 1.82) is 0 Å². The topological polar surface area (TPSA) is 93.3 Å². The van der Waals surface area contributed by atoms with Gasteiger partial charge in [0.15, 0.2) is 0 Å². The highest BCUT2D eigenvalue weighted by atomic mass is 16.5. The first-order valence-electron chi connectivity index (χ1n) is 4.67. The van der Waals surface area contributed by atoms with Crippen molar-refractivity contribution in [2.45, 2.75) is 19.6 Å². The van der Waals surface area contributed by atoms with Gasteiger partial charge in [-0.2, -0.15) is 0 Å². The van der Waals surface area contributed by atoms with E-state index in [4.69, 9.17) is 15.6 Å². The maximum absolute atomic E-state index is 9.07. The van der Waals surface area contributed by atoms with Crippen molar-refractivity contribution in [3.63, 3.8) is 0 Å². The number of hydrogen-bond donors (Lipinski definition) is 3. The maximum Gasteiger partial charge on any atom is 0.222 e. The first-order chi connectivity index (χ1) is 7.15. The Morgan fingerprint density at radius 2 is 2.33 bits per heavy atom. The van der Waals surface area contributed by atoms with Crippen molar-refractivity contribution >= 4 is 5.82 Å². The summed E-state index contributed by atoms with van der Waals surface area (Å²) < 4.78 is 5.05. The molecule has 6 heteroatoms. The lowest BCUT2D eigenvalue weighted by Crippen LogP contribution is -2.24. The molecule has 1 heterocycles. The summed E-state index contributed by atoms with van der Waals surface area (Å²) in [5.41, 5.74) is 6.39. The summed E-state index contributed by atoms with van der Waals surface area (Å²) in [6, 6.07) is 0. The van der Waals surface area contributed by atoms with E-state index in [1.165, 1.54) is 13.4 Å². The van der Waals surface area contributed by atoms with Crippen LogP contribution in [0.1, 0.15) is 12.5 Å². The lowest BCUT2D eigenvalue weighted by atomic mass is 10.3. The van der Waals surface area contributed by atoms with Gasteiger partial charge in [0.25, 0.3) is 0 Å². The van der Waals surface area contributed by atoms with Gasteiger partial charge in [-0.1, -0.05) is 0 Å². The molecule has 0 aliphatic carbocycles. The van der Waals surface area contributed by atoms with Crippen LogP contribution in [0.5, 0.6) is 5.88 Å². The van der Waals surface area contributed by atoms with Gasteiger partial charge in [-0.15, -0.1) is 0 Å². The number of nitrogens with two attached hydrogens (primary N) is 1. The standard InChI is InChI=1S/C9H16N4O2/c1-6(14)3-11-4-7-8(10)12-5-13-9(7)15-2/h5-6,11,14H,3-4H2,1-2H3,(H2,10,12,13)/t6-/m0/s1. The fraction of sp³-hybridized carbons (Fsp3) is 0.556. The number of nitrogen functional groups attached to an aromatic ring is 1. The minimum atomic E-state index is -0.401. The highest BCUT2D eigenvalue weighted by Crippen LogP contribution is 2.18. The smallest absolute Gasteiger partial charge is 0.222 e. The molecular weight excluding hydrogens is 196 g/mol. The van der Waals surface area contributed by atoms with E-state index in [0.717, 1.165) is 0 Å². The number of anilines is 1. The van der Waals surface area contributed by atoms with Crippen LogP contribution in [0.4, 0.5) is 5.82 Å². The van der Waals surface area contributed by atoms with Crippen molar-refractivity contribution in [2.75, 3.05) is 19.4 Å². The summed E-state index contributed by atoms with van der Waals surface area (Å²) in [7, 11) is 1.53. The van der Waals surface area contributed by atoms with Crippen LogP contribution in [-0.4, -0.2) is 34.8 Å². The van der Waals surface area contributed by atoms with Crippen molar-refractivity contribution in [3.05, 3.63) is 11.9 Å². The number of aliphatic hydroxyl groups is 1. The number of ether oxygens (including phenoxy) is 1. The number of aromatic nitrogens is 2. The van der Waals surface area contributed by atoms with Crippen LogP contribution in [0.3, 0.4) is 0 Å². The van der Waals surface area contributed by atoms with E-state index in [2.05, 4.69) is 15.3 Å². The van der Waals surface area contributed by atoms with Gasteiger partial charge in [0.05, 0.1) is 18.8 Å². The second kappa shape index (κ2) is 5.47. The van der Waals surface area contributed by atoms with Crippen molar-refractivity contribution in [1.82, 2.24) is 15.3 Å². The van der Waals surface area contributed by atoms with Gasteiger partial charge in [-0.05, 0) is 6.92 Å². The lowest BCUT2D eigenvalue weighted by molar-refractivity contribution is 0.190. The molecule has 0 fully saturated rings. The van der Waals surface area contributed by atoms with Crippen molar-refractivity contribution < 1.29 is 9.84 Å². The molecule has 0 aliphatic heterocycles. The Kier molecular flexibility index (Phi) is 4.26. The van der Waals surface area contributed by atoms with Crippen LogP contribution in [-0.2, 0) is 6.54 Å². The van der Waals surface area contributed by atoms with Gasteiger partial charge in [0, 0.05) is 13.1 Å². The minimum Gasteiger partial charge on any atom is -0.481 e. The Labute approximate surface area is 88.5 Å². The van der Waals surface area contributed by atoms with Crippen LogP contribution in [0.15, 0.2) is 6.33 Å². The lowest BCUT2D eigenvalue weighted by Gasteiger charge is -2.10. The highest BCUT2D eigenvalue weighted by molar-refractivity contribution is 5.44. The fourth-order valence-corrected chi connectivity index (χ4v) is 1.16. The summed E-state index contributed by atoms with van der Waals surface area (Å²) in [5, 5.41) is 12.1. The molecule has 1 atom stereocenters. The third kappa shape index (κ3) is 3.34. The van der Waals surface area contributed by atoms with E-state index in [0.29, 0.717) is 30.4 Å². The number of nitrogens with one attached hydrogen (secondary N) is 1. The van der Waals surface area contributed by atoms with Crippen LogP contribution in [0.25, 0.3) is 0 Å². The molecule has 0 radical (unpaired) electrons. The van der Waals surface area contributed by atoms with E-state index in [1.807, 2.05) is 0 Å². The first-order valence-corrected chi connectivity index (χ1v) is 4.67. The number of methoxy groups -OCH3 is 1. The summed E-state index contributed by atoms with van der Waals surface area (Å²) >= 11 is 0. The second-order valence-corrected chi connectivity index (χ2v) is 3.23. The largest absolute Gasteiger partial charge is 0.481 e. The third-order valence-electron chi connectivity index (χ3n) is 1.87. The molecule has 84 valence electrons. The first kappa shape index (κ1) is 11.7. The summed E-state index contributed by atoms with van der Waals surface area (Å²) in [4.78, 5) is 7.81. The predicted octanol–water partition coefficient (Wildman–Crippen LogP) is -0.462. The molecule has 4 N–H and O–H groups in total. The molecule has 0 saturated heterocycles. The Balaban J connectivity index is 2.66. The molecule has 1 rings (SSSR count). The van der Waals surface area contributed by atoms with Crippen molar-refractivity contribution in [2.24, 2.45) is 0 Å². The molecule has 0 aromatic carbocycles. The van der Waals surface area contributed by atoms with Gasteiger partial charge in [-0.3, -0.25) is 0 Å². The average Bonchev–Trinajstić information content (AvgIpc) is 2.20. The molecule has 15 heavy (non-hydrogen) atoms. The zero-order valence-electron chi connectivity index (χ0n) is 8.90. The molecule has 0 spiro atoms. The molecule has 0 aliphatic rings. The molecule has 0 amide bonds. The Hall–Kier alpha value is -1.40. The van der Waals surface area contributed by atoms with Gasteiger partial charge < -0.3 is 20.9 Å². The zero-order chi connectivity index (χ0) is 11.3. The molecule has 0 saturated carbocycles.